The molecule has 102 valence electrons. The first kappa shape index (κ1) is 13.7. The molecule has 0 spiro atoms. The van der Waals surface area contributed by atoms with E-state index in [0.717, 1.165) is 17.4 Å². The topological polar surface area (TPSA) is 55.8 Å². The molecule has 0 saturated carbocycles. The highest BCUT2D eigenvalue weighted by Gasteiger charge is 1.98. The van der Waals surface area contributed by atoms with Crippen LogP contribution in [-0.2, 0) is 4.79 Å². The maximum Gasteiger partial charge on any atom is 0.328 e. The zero-order valence-electron chi connectivity index (χ0n) is 10.9. The minimum Gasteiger partial charge on any atom is -0.497 e. The minimum atomic E-state index is -0.969. The van der Waals surface area contributed by atoms with Crippen molar-refractivity contribution in [3.05, 3.63) is 60.2 Å². The molecule has 0 radical (unpaired) electrons. The molecule has 0 aliphatic heterocycles. The average Bonchev–Trinajstić information content (AvgIpc) is 2.47. The van der Waals surface area contributed by atoms with E-state index in [1.807, 2.05) is 24.3 Å². The van der Waals surface area contributed by atoms with E-state index in [0.29, 0.717) is 11.5 Å². The van der Waals surface area contributed by atoms with E-state index in [9.17, 15) is 4.79 Å². The molecule has 2 aromatic rings. The van der Waals surface area contributed by atoms with Crippen LogP contribution in [0.5, 0.6) is 17.2 Å². The maximum atomic E-state index is 10.4. The number of rotatable bonds is 5. The van der Waals surface area contributed by atoms with Crippen LogP contribution in [0.1, 0.15) is 5.56 Å². The lowest BCUT2D eigenvalue weighted by Crippen LogP contribution is -1.87. The summed E-state index contributed by atoms with van der Waals surface area (Å²) in [5, 5.41) is 8.55. The summed E-state index contributed by atoms with van der Waals surface area (Å²) in [4.78, 5) is 10.4. The second-order valence-corrected chi connectivity index (χ2v) is 4.02. The monoisotopic (exact) mass is 270 g/mol. The highest BCUT2D eigenvalue weighted by Crippen LogP contribution is 2.24. The summed E-state index contributed by atoms with van der Waals surface area (Å²) in [6, 6.07) is 14.4. The lowest BCUT2D eigenvalue weighted by Gasteiger charge is -2.06. The Labute approximate surface area is 116 Å². The van der Waals surface area contributed by atoms with Gasteiger partial charge in [0.05, 0.1) is 7.11 Å². The van der Waals surface area contributed by atoms with Gasteiger partial charge >= 0.3 is 5.97 Å². The zero-order chi connectivity index (χ0) is 14.4. The number of aliphatic carboxylic acids is 1. The highest BCUT2D eigenvalue weighted by molar-refractivity contribution is 5.85. The Morgan fingerprint density at radius 1 is 0.950 bits per heavy atom. The van der Waals surface area contributed by atoms with Gasteiger partial charge in [0.25, 0.3) is 0 Å². The van der Waals surface area contributed by atoms with Gasteiger partial charge in [0.15, 0.2) is 0 Å². The Balaban J connectivity index is 2.04. The van der Waals surface area contributed by atoms with Crippen molar-refractivity contribution in [3.8, 4) is 17.2 Å². The van der Waals surface area contributed by atoms with E-state index in [2.05, 4.69) is 0 Å². The van der Waals surface area contributed by atoms with Crippen LogP contribution in [0.25, 0.3) is 6.08 Å². The number of carbonyl (C=O) groups is 1. The van der Waals surface area contributed by atoms with Crippen molar-refractivity contribution in [2.45, 2.75) is 0 Å². The Morgan fingerprint density at radius 3 is 1.95 bits per heavy atom. The third-order valence-electron chi connectivity index (χ3n) is 2.59. The molecule has 0 aliphatic rings. The van der Waals surface area contributed by atoms with E-state index in [-0.39, 0.29) is 0 Å². The van der Waals surface area contributed by atoms with Gasteiger partial charge in [0.2, 0.25) is 0 Å². The van der Waals surface area contributed by atoms with Gasteiger partial charge in [-0.05, 0) is 48.0 Å². The van der Waals surface area contributed by atoms with Gasteiger partial charge < -0.3 is 14.6 Å². The van der Waals surface area contributed by atoms with Crippen LogP contribution >= 0.6 is 0 Å². The Hall–Kier alpha value is -2.75. The summed E-state index contributed by atoms with van der Waals surface area (Å²) in [6.45, 7) is 0. The van der Waals surface area contributed by atoms with Gasteiger partial charge in [-0.1, -0.05) is 12.1 Å². The largest absolute Gasteiger partial charge is 0.497 e. The second-order valence-electron chi connectivity index (χ2n) is 4.02. The molecule has 0 saturated heterocycles. The quantitative estimate of drug-likeness (QED) is 0.844. The number of hydrogen-bond donors (Lipinski definition) is 1. The molecule has 2 rings (SSSR count). The molecular formula is C16H14O4. The smallest absolute Gasteiger partial charge is 0.328 e. The first-order chi connectivity index (χ1) is 9.67. The molecule has 20 heavy (non-hydrogen) atoms. The summed E-state index contributed by atoms with van der Waals surface area (Å²) >= 11 is 0. The van der Waals surface area contributed by atoms with E-state index in [1.165, 1.54) is 6.08 Å². The fraction of sp³-hybridized carbons (Fsp3) is 0.0625. The number of methoxy groups -OCH3 is 1. The molecular weight excluding hydrogens is 256 g/mol. The molecule has 4 nitrogen and oxygen atoms in total. The summed E-state index contributed by atoms with van der Waals surface area (Å²) in [5.74, 6) is 1.19. The normalized spacial score (nSPS) is 10.4. The Bertz CT molecular complexity index is 597. The third-order valence-corrected chi connectivity index (χ3v) is 2.59. The summed E-state index contributed by atoms with van der Waals surface area (Å²) in [6.07, 6.45) is 2.62. The van der Waals surface area contributed by atoms with Crippen LogP contribution in [0.2, 0.25) is 0 Å². The average molecular weight is 270 g/mol. The van der Waals surface area contributed by atoms with E-state index < -0.39 is 5.97 Å². The molecule has 1 N–H and O–H groups in total. The SMILES string of the molecule is COc1ccc(Oc2ccc(C=CC(=O)O)cc2)cc1. The Morgan fingerprint density at radius 2 is 1.45 bits per heavy atom. The van der Waals surface area contributed by atoms with Crippen molar-refractivity contribution in [3.63, 3.8) is 0 Å². The molecule has 4 heteroatoms. The van der Waals surface area contributed by atoms with Crippen LogP contribution in [0.3, 0.4) is 0 Å². The maximum absolute atomic E-state index is 10.4. The van der Waals surface area contributed by atoms with Gasteiger partial charge in [0, 0.05) is 6.08 Å². The summed E-state index contributed by atoms with van der Waals surface area (Å²) < 4.78 is 10.7. The van der Waals surface area contributed by atoms with Crippen molar-refractivity contribution >= 4 is 12.0 Å². The second kappa shape index (κ2) is 6.43. The molecule has 0 amide bonds. The first-order valence-corrected chi connectivity index (χ1v) is 6.00. The number of ether oxygens (including phenoxy) is 2. The summed E-state index contributed by atoms with van der Waals surface area (Å²) in [7, 11) is 1.61. The van der Waals surface area contributed by atoms with E-state index in [4.69, 9.17) is 14.6 Å². The first-order valence-electron chi connectivity index (χ1n) is 6.00. The highest BCUT2D eigenvalue weighted by atomic mass is 16.5. The molecule has 0 unspecified atom stereocenters. The zero-order valence-corrected chi connectivity index (χ0v) is 10.9. The van der Waals surface area contributed by atoms with Crippen LogP contribution in [0, 0.1) is 0 Å². The van der Waals surface area contributed by atoms with Gasteiger partial charge in [-0.25, -0.2) is 4.79 Å². The summed E-state index contributed by atoms with van der Waals surface area (Å²) in [5.41, 5.74) is 0.800. The third kappa shape index (κ3) is 3.88. The van der Waals surface area contributed by atoms with Crippen LogP contribution < -0.4 is 9.47 Å². The molecule has 2 aromatic carbocycles. The van der Waals surface area contributed by atoms with Crippen molar-refractivity contribution < 1.29 is 19.4 Å². The number of benzene rings is 2. The lowest BCUT2D eigenvalue weighted by atomic mass is 10.2. The predicted octanol–water partition coefficient (Wildman–Crippen LogP) is 3.59. The van der Waals surface area contributed by atoms with Gasteiger partial charge in [0.1, 0.15) is 17.2 Å². The van der Waals surface area contributed by atoms with E-state index >= 15 is 0 Å². The molecule has 0 aliphatic carbocycles. The molecule has 0 atom stereocenters. The van der Waals surface area contributed by atoms with Crippen molar-refractivity contribution in [1.82, 2.24) is 0 Å². The van der Waals surface area contributed by atoms with Crippen LogP contribution in [0.15, 0.2) is 54.6 Å². The van der Waals surface area contributed by atoms with Gasteiger partial charge in [-0.2, -0.15) is 0 Å². The Kier molecular flexibility index (Phi) is 4.39. The van der Waals surface area contributed by atoms with Crippen molar-refractivity contribution in [1.29, 1.82) is 0 Å². The standard InChI is InChI=1S/C16H14O4/c1-19-13-7-9-15(10-8-13)20-14-5-2-12(3-6-14)4-11-16(17)18/h2-11H,1H3,(H,17,18). The minimum absolute atomic E-state index is 0.683. The molecule has 0 bridgehead atoms. The number of carboxylic acids is 1. The molecule has 0 aromatic heterocycles. The lowest BCUT2D eigenvalue weighted by molar-refractivity contribution is -0.131. The fourth-order valence-corrected chi connectivity index (χ4v) is 1.59. The fourth-order valence-electron chi connectivity index (χ4n) is 1.59. The van der Waals surface area contributed by atoms with Gasteiger partial charge in [-0.3, -0.25) is 0 Å². The van der Waals surface area contributed by atoms with Crippen molar-refractivity contribution in [2.24, 2.45) is 0 Å². The van der Waals surface area contributed by atoms with Crippen molar-refractivity contribution in [2.75, 3.05) is 7.11 Å². The molecule has 0 heterocycles. The van der Waals surface area contributed by atoms with Gasteiger partial charge in [-0.15, -0.1) is 0 Å². The molecule has 0 fully saturated rings. The van der Waals surface area contributed by atoms with Crippen LogP contribution in [-0.4, -0.2) is 18.2 Å². The number of hydrogen-bond acceptors (Lipinski definition) is 3. The van der Waals surface area contributed by atoms with E-state index in [1.54, 1.807) is 31.4 Å². The van der Waals surface area contributed by atoms with Crippen LogP contribution in [0.4, 0.5) is 0 Å². The number of carboxylic acid groups (broad SMARTS) is 1. The predicted molar refractivity (Wildman–Crippen MR) is 76.2 cm³/mol.